The minimum atomic E-state index is -0.863. The lowest BCUT2D eigenvalue weighted by Crippen LogP contribution is -2.40. The Morgan fingerprint density at radius 3 is 2.44 bits per heavy atom. The van der Waals surface area contributed by atoms with Crippen LogP contribution >= 0.6 is 34.5 Å². The lowest BCUT2D eigenvalue weighted by Gasteiger charge is -2.26. The second-order valence-electron chi connectivity index (χ2n) is 10.7. The quantitative estimate of drug-likeness (QED) is 0.148. The van der Waals surface area contributed by atoms with Gasteiger partial charge in [0.2, 0.25) is 0 Å². The van der Waals surface area contributed by atoms with Crippen molar-refractivity contribution in [3.05, 3.63) is 149 Å². The maximum atomic E-state index is 14.3. The van der Waals surface area contributed by atoms with Gasteiger partial charge in [-0.2, -0.15) is 0 Å². The predicted molar refractivity (Wildman–Crippen MR) is 188 cm³/mol. The van der Waals surface area contributed by atoms with Crippen LogP contribution in [0.4, 0.5) is 0 Å². The van der Waals surface area contributed by atoms with E-state index in [0.29, 0.717) is 47.9 Å². The molecule has 5 aromatic rings. The van der Waals surface area contributed by atoms with Crippen molar-refractivity contribution in [3.63, 3.8) is 0 Å². The summed E-state index contributed by atoms with van der Waals surface area (Å²) >= 11 is 13.4. The van der Waals surface area contributed by atoms with E-state index in [1.54, 1.807) is 48.9 Å². The number of halogens is 2. The molecule has 244 valence electrons. The smallest absolute Gasteiger partial charge is 0.338 e. The first kappa shape index (κ1) is 33.1. The molecular weight excluding hydrogens is 671 g/mol. The molecule has 0 N–H and O–H groups in total. The first-order valence-electron chi connectivity index (χ1n) is 15.0. The highest BCUT2D eigenvalue weighted by Gasteiger charge is 2.35. The zero-order valence-electron chi connectivity index (χ0n) is 26.2. The lowest BCUT2D eigenvalue weighted by atomic mass is 9.93. The molecule has 8 nitrogen and oxygen atoms in total. The number of aromatic nitrogens is 1. The van der Waals surface area contributed by atoms with Crippen LogP contribution in [0.3, 0.4) is 0 Å². The monoisotopic (exact) mass is 700 g/mol. The van der Waals surface area contributed by atoms with Crippen molar-refractivity contribution in [3.8, 4) is 17.2 Å². The fraction of sp³-hybridized carbons (Fsp3) is 0.162. The van der Waals surface area contributed by atoms with Crippen LogP contribution in [0.25, 0.3) is 11.8 Å². The third-order valence-electron chi connectivity index (χ3n) is 7.64. The summed E-state index contributed by atoms with van der Waals surface area (Å²) in [6.07, 6.45) is 1.79. The van der Waals surface area contributed by atoms with Gasteiger partial charge in [0.15, 0.2) is 16.3 Å². The number of ether oxygens (including phenoxy) is 4. The summed E-state index contributed by atoms with van der Waals surface area (Å²) in [6, 6.07) is 26.6. The van der Waals surface area contributed by atoms with Crippen LogP contribution in [0.2, 0.25) is 10.0 Å². The number of hydrogen-bond acceptors (Lipinski definition) is 8. The van der Waals surface area contributed by atoms with Crippen LogP contribution in [0.15, 0.2) is 106 Å². The molecule has 1 atom stereocenters. The molecule has 11 heteroatoms. The van der Waals surface area contributed by atoms with E-state index < -0.39 is 12.0 Å². The molecule has 6 rings (SSSR count). The second kappa shape index (κ2) is 14.5. The molecule has 0 bridgehead atoms. The number of benzene rings is 4. The molecule has 2 heterocycles. The van der Waals surface area contributed by atoms with Gasteiger partial charge in [0.25, 0.3) is 5.56 Å². The van der Waals surface area contributed by atoms with Crippen LogP contribution in [0, 0.1) is 0 Å². The largest absolute Gasteiger partial charge is 0.493 e. The first-order chi connectivity index (χ1) is 23.3. The highest BCUT2D eigenvalue weighted by Crippen LogP contribution is 2.38. The van der Waals surface area contributed by atoms with Gasteiger partial charge in [-0.15, -0.1) is 0 Å². The molecule has 0 saturated carbocycles. The number of methoxy groups -OCH3 is 2. The van der Waals surface area contributed by atoms with E-state index >= 15 is 0 Å². The zero-order valence-corrected chi connectivity index (χ0v) is 28.6. The van der Waals surface area contributed by atoms with Gasteiger partial charge in [-0.1, -0.05) is 89.1 Å². The van der Waals surface area contributed by atoms with Crippen LogP contribution in [0.1, 0.15) is 35.2 Å². The second-order valence-corrected chi connectivity index (χ2v) is 12.5. The van der Waals surface area contributed by atoms with E-state index in [9.17, 15) is 9.59 Å². The van der Waals surface area contributed by atoms with Crippen LogP contribution in [0.5, 0.6) is 17.2 Å². The maximum Gasteiger partial charge on any atom is 0.338 e. The Morgan fingerprint density at radius 1 is 0.917 bits per heavy atom. The summed E-state index contributed by atoms with van der Waals surface area (Å²) in [5.41, 5.74) is 3.33. The van der Waals surface area contributed by atoms with E-state index in [0.717, 1.165) is 16.7 Å². The average Bonchev–Trinajstić information content (AvgIpc) is 3.42. The van der Waals surface area contributed by atoms with Crippen LogP contribution < -0.4 is 29.1 Å². The van der Waals surface area contributed by atoms with Gasteiger partial charge in [0.1, 0.15) is 12.4 Å². The third-order valence-corrected chi connectivity index (χ3v) is 9.36. The van der Waals surface area contributed by atoms with E-state index in [1.165, 1.54) is 18.4 Å². The third kappa shape index (κ3) is 6.75. The molecule has 0 saturated heterocycles. The van der Waals surface area contributed by atoms with Gasteiger partial charge in [-0.3, -0.25) is 9.36 Å². The first-order valence-corrected chi connectivity index (χ1v) is 16.6. The van der Waals surface area contributed by atoms with E-state index in [1.807, 2.05) is 66.7 Å². The van der Waals surface area contributed by atoms with Crippen molar-refractivity contribution in [1.29, 1.82) is 0 Å². The number of rotatable bonds is 10. The SMILES string of the molecule is CCOC(=O)C1=C(c2ccccc2)N=c2s/c(=C/c3cccc(OCc4ccc(Cl)c(Cl)c4)c3)c(=O)n2[C@H]1c1ccc(OC)c(OC)c1. The Balaban J connectivity index is 1.49. The lowest BCUT2D eigenvalue weighted by molar-refractivity contribution is -0.138. The van der Waals surface area contributed by atoms with Gasteiger partial charge in [0, 0.05) is 5.56 Å². The zero-order chi connectivity index (χ0) is 33.8. The van der Waals surface area contributed by atoms with Crippen molar-refractivity contribution < 1.29 is 23.7 Å². The number of carbonyl (C=O) groups is 1. The summed E-state index contributed by atoms with van der Waals surface area (Å²) in [4.78, 5) is 33.4. The Morgan fingerprint density at radius 2 is 1.71 bits per heavy atom. The fourth-order valence-electron chi connectivity index (χ4n) is 5.42. The van der Waals surface area contributed by atoms with Crippen molar-refractivity contribution in [1.82, 2.24) is 4.57 Å². The molecule has 0 radical (unpaired) electrons. The van der Waals surface area contributed by atoms with Crippen molar-refractivity contribution in [2.75, 3.05) is 20.8 Å². The molecule has 0 aliphatic carbocycles. The minimum Gasteiger partial charge on any atom is -0.493 e. The molecule has 1 aromatic heterocycles. The number of fused-ring (bicyclic) bond motifs is 1. The number of hydrogen-bond donors (Lipinski definition) is 0. The standard InChI is InChI=1S/C37H30Cl2N2O6S/c1-4-46-36(43)32-33(24-10-6-5-7-11-24)40-37-41(34(32)25-14-16-29(44-2)30(20-25)45-3)35(42)31(48-37)19-22-9-8-12-26(17-22)47-21-23-13-15-27(38)28(39)18-23/h5-20,34H,4,21H2,1-3H3/b31-19+/t34-/m0/s1. The average molecular weight is 702 g/mol. The Kier molecular flexibility index (Phi) is 10.0. The molecule has 4 aromatic carbocycles. The Labute approximate surface area is 290 Å². The molecule has 1 aliphatic rings. The van der Waals surface area contributed by atoms with Gasteiger partial charge < -0.3 is 18.9 Å². The molecule has 0 amide bonds. The van der Waals surface area contributed by atoms with E-state index in [4.69, 9.17) is 47.1 Å². The van der Waals surface area contributed by atoms with E-state index in [-0.39, 0.29) is 24.3 Å². The highest BCUT2D eigenvalue weighted by molar-refractivity contribution is 7.07. The Hall–Kier alpha value is -4.83. The van der Waals surface area contributed by atoms with Crippen molar-refractivity contribution in [2.24, 2.45) is 4.99 Å². The predicted octanol–water partition coefficient (Wildman–Crippen LogP) is 6.84. The molecule has 0 unspecified atom stereocenters. The van der Waals surface area contributed by atoms with Gasteiger partial charge in [-0.05, 0) is 66.1 Å². The minimum absolute atomic E-state index is 0.150. The number of thiazole rings is 1. The molecular formula is C37H30Cl2N2O6S. The highest BCUT2D eigenvalue weighted by atomic mass is 35.5. The topological polar surface area (TPSA) is 88.4 Å². The van der Waals surface area contributed by atoms with Crippen molar-refractivity contribution >= 4 is 52.3 Å². The molecule has 0 fully saturated rings. The fourth-order valence-corrected chi connectivity index (χ4v) is 6.74. The molecule has 0 spiro atoms. The summed E-state index contributed by atoms with van der Waals surface area (Å²) in [5, 5.41) is 0.928. The van der Waals surface area contributed by atoms with Crippen molar-refractivity contribution in [2.45, 2.75) is 19.6 Å². The summed E-state index contributed by atoms with van der Waals surface area (Å²) in [5.74, 6) is 1.01. The van der Waals surface area contributed by atoms with E-state index in [2.05, 4.69) is 0 Å². The summed E-state index contributed by atoms with van der Waals surface area (Å²) in [6.45, 7) is 2.17. The molecule has 1 aliphatic heterocycles. The normalized spacial score (nSPS) is 14.3. The van der Waals surface area contributed by atoms with Gasteiger partial charge in [-0.25, -0.2) is 9.79 Å². The number of nitrogens with zero attached hydrogens (tertiary/aromatic N) is 2. The Bertz CT molecular complexity index is 2210. The van der Waals surface area contributed by atoms with Crippen LogP contribution in [-0.4, -0.2) is 31.4 Å². The maximum absolute atomic E-state index is 14.3. The van der Waals surface area contributed by atoms with Gasteiger partial charge in [0.05, 0.1) is 52.7 Å². The number of carbonyl (C=O) groups excluding carboxylic acids is 1. The van der Waals surface area contributed by atoms with Gasteiger partial charge >= 0.3 is 5.97 Å². The van der Waals surface area contributed by atoms with Crippen LogP contribution in [-0.2, 0) is 16.1 Å². The summed E-state index contributed by atoms with van der Waals surface area (Å²) in [7, 11) is 3.08. The molecule has 48 heavy (non-hydrogen) atoms. The number of esters is 1. The summed E-state index contributed by atoms with van der Waals surface area (Å²) < 4.78 is 24.6.